The Labute approximate surface area is 109 Å². The molecule has 2 N–H and O–H groups in total. The zero-order chi connectivity index (χ0) is 13.7. The topological polar surface area (TPSA) is 59.2 Å². The van der Waals surface area contributed by atoms with Crippen LogP contribution in [0.4, 0.5) is 0 Å². The highest BCUT2D eigenvalue weighted by Gasteiger charge is 2.26. The van der Waals surface area contributed by atoms with E-state index in [0.29, 0.717) is 0 Å². The summed E-state index contributed by atoms with van der Waals surface area (Å²) in [5.41, 5.74) is 7.05. The normalized spacial score (nSPS) is 15.8. The van der Waals surface area contributed by atoms with Gasteiger partial charge in [0.1, 0.15) is 0 Å². The third-order valence-electron chi connectivity index (χ3n) is 3.66. The Morgan fingerprint density at radius 3 is 2.44 bits per heavy atom. The molecule has 1 aromatic rings. The third-order valence-corrected chi connectivity index (χ3v) is 3.66. The molecule has 0 saturated heterocycles. The molecule has 3 atom stereocenters. The number of nitrogens with two attached hydrogens (primary N) is 1. The van der Waals surface area contributed by atoms with Crippen LogP contribution in [0.3, 0.4) is 0 Å². The van der Waals surface area contributed by atoms with Gasteiger partial charge >= 0.3 is 0 Å². The van der Waals surface area contributed by atoms with E-state index in [0.717, 1.165) is 12.0 Å². The number of pyridine rings is 1. The summed E-state index contributed by atoms with van der Waals surface area (Å²) < 4.78 is 0. The maximum Gasteiger partial charge on any atom is 0.240 e. The van der Waals surface area contributed by atoms with Gasteiger partial charge in [-0.2, -0.15) is 0 Å². The van der Waals surface area contributed by atoms with Crippen molar-refractivity contribution in [2.45, 2.75) is 39.3 Å². The lowest BCUT2D eigenvalue weighted by Crippen LogP contribution is -2.46. The number of hydrogen-bond acceptors (Lipinski definition) is 3. The highest BCUT2D eigenvalue weighted by molar-refractivity contribution is 5.82. The van der Waals surface area contributed by atoms with Crippen molar-refractivity contribution >= 4 is 5.91 Å². The van der Waals surface area contributed by atoms with Gasteiger partial charge in [-0.05, 0) is 30.5 Å². The standard InChI is InChI=1S/C14H23N3O/c1-5-10(2)13(15)14(18)17(4)11(3)12-6-8-16-9-7-12/h6-11,13H,5,15H2,1-4H3/t10?,11?,13-/m0/s1. The molecular weight excluding hydrogens is 226 g/mol. The number of carbonyl (C=O) groups excluding carboxylic acids is 1. The zero-order valence-electron chi connectivity index (χ0n) is 11.6. The molecule has 4 heteroatoms. The van der Waals surface area contributed by atoms with Crippen molar-refractivity contribution in [1.29, 1.82) is 0 Å². The van der Waals surface area contributed by atoms with Crippen LogP contribution in [0.15, 0.2) is 24.5 Å². The first-order chi connectivity index (χ1) is 8.49. The van der Waals surface area contributed by atoms with E-state index in [1.807, 2.05) is 32.9 Å². The first-order valence-electron chi connectivity index (χ1n) is 6.41. The largest absolute Gasteiger partial charge is 0.338 e. The van der Waals surface area contributed by atoms with Gasteiger partial charge in [-0.1, -0.05) is 20.3 Å². The number of amides is 1. The SMILES string of the molecule is CCC(C)[C@H](N)C(=O)N(C)C(C)c1ccncc1. The Morgan fingerprint density at radius 1 is 1.39 bits per heavy atom. The Kier molecular flexibility index (Phi) is 5.28. The van der Waals surface area contributed by atoms with E-state index in [1.54, 1.807) is 24.3 Å². The van der Waals surface area contributed by atoms with Crippen LogP contribution >= 0.6 is 0 Å². The minimum atomic E-state index is -0.427. The quantitative estimate of drug-likeness (QED) is 0.868. The van der Waals surface area contributed by atoms with Gasteiger partial charge in [0.05, 0.1) is 12.1 Å². The fraction of sp³-hybridized carbons (Fsp3) is 0.571. The van der Waals surface area contributed by atoms with E-state index in [4.69, 9.17) is 5.73 Å². The lowest BCUT2D eigenvalue weighted by atomic mass is 9.98. The first kappa shape index (κ1) is 14.6. The molecule has 100 valence electrons. The predicted octanol–water partition coefficient (Wildman–Crippen LogP) is 1.97. The Balaban J connectivity index is 2.75. The van der Waals surface area contributed by atoms with Crippen LogP contribution in [-0.4, -0.2) is 28.9 Å². The summed E-state index contributed by atoms with van der Waals surface area (Å²) in [7, 11) is 1.80. The molecule has 0 aliphatic rings. The molecule has 0 spiro atoms. The fourth-order valence-electron chi connectivity index (χ4n) is 1.79. The molecule has 4 nitrogen and oxygen atoms in total. The lowest BCUT2D eigenvalue weighted by molar-refractivity contribution is -0.134. The second kappa shape index (κ2) is 6.50. The van der Waals surface area contributed by atoms with Crippen LogP contribution in [0, 0.1) is 5.92 Å². The van der Waals surface area contributed by atoms with Crippen LogP contribution in [0.25, 0.3) is 0 Å². The second-order valence-electron chi connectivity index (χ2n) is 4.82. The van der Waals surface area contributed by atoms with Gasteiger partial charge in [0.25, 0.3) is 0 Å². The predicted molar refractivity (Wildman–Crippen MR) is 72.9 cm³/mol. The van der Waals surface area contributed by atoms with E-state index < -0.39 is 6.04 Å². The van der Waals surface area contributed by atoms with Crippen molar-refractivity contribution in [2.24, 2.45) is 11.7 Å². The van der Waals surface area contributed by atoms with Gasteiger partial charge in [0.15, 0.2) is 0 Å². The van der Waals surface area contributed by atoms with E-state index in [9.17, 15) is 4.79 Å². The average molecular weight is 249 g/mol. The summed E-state index contributed by atoms with van der Waals surface area (Å²) in [6, 6.07) is 3.42. The molecular formula is C14H23N3O. The van der Waals surface area contributed by atoms with Crippen molar-refractivity contribution in [1.82, 2.24) is 9.88 Å². The van der Waals surface area contributed by atoms with Crippen molar-refractivity contribution < 1.29 is 4.79 Å². The van der Waals surface area contributed by atoms with Gasteiger partial charge in [-0.3, -0.25) is 9.78 Å². The summed E-state index contributed by atoms with van der Waals surface area (Å²) >= 11 is 0. The van der Waals surface area contributed by atoms with Gasteiger partial charge < -0.3 is 10.6 Å². The molecule has 18 heavy (non-hydrogen) atoms. The molecule has 1 amide bonds. The van der Waals surface area contributed by atoms with Crippen molar-refractivity contribution in [3.05, 3.63) is 30.1 Å². The van der Waals surface area contributed by atoms with E-state index >= 15 is 0 Å². The van der Waals surface area contributed by atoms with Gasteiger partial charge in [-0.15, -0.1) is 0 Å². The average Bonchev–Trinajstić information content (AvgIpc) is 2.44. The molecule has 1 aromatic heterocycles. The molecule has 0 fully saturated rings. The molecule has 0 aliphatic carbocycles. The summed E-state index contributed by atoms with van der Waals surface area (Å²) in [6.45, 7) is 6.05. The highest BCUT2D eigenvalue weighted by Crippen LogP contribution is 2.19. The Morgan fingerprint density at radius 2 is 1.94 bits per heavy atom. The van der Waals surface area contributed by atoms with Gasteiger partial charge in [0.2, 0.25) is 5.91 Å². The molecule has 0 saturated carbocycles. The fourth-order valence-corrected chi connectivity index (χ4v) is 1.79. The van der Waals surface area contributed by atoms with Crippen molar-refractivity contribution in [3.63, 3.8) is 0 Å². The molecule has 2 unspecified atom stereocenters. The van der Waals surface area contributed by atoms with Gasteiger partial charge in [0, 0.05) is 19.4 Å². The minimum absolute atomic E-state index is 0.00587. The minimum Gasteiger partial charge on any atom is -0.338 e. The third kappa shape index (κ3) is 3.29. The number of likely N-dealkylation sites (N-methyl/N-ethyl adjacent to an activating group) is 1. The monoisotopic (exact) mass is 249 g/mol. The van der Waals surface area contributed by atoms with Crippen molar-refractivity contribution in [3.8, 4) is 0 Å². The Bertz CT molecular complexity index is 380. The number of aromatic nitrogens is 1. The van der Waals surface area contributed by atoms with Gasteiger partial charge in [-0.25, -0.2) is 0 Å². The lowest BCUT2D eigenvalue weighted by Gasteiger charge is -2.29. The summed E-state index contributed by atoms with van der Waals surface area (Å²) in [6.07, 6.45) is 4.38. The summed E-state index contributed by atoms with van der Waals surface area (Å²) in [4.78, 5) is 17.9. The summed E-state index contributed by atoms with van der Waals surface area (Å²) in [5, 5.41) is 0. The number of carbonyl (C=O) groups is 1. The zero-order valence-corrected chi connectivity index (χ0v) is 11.6. The Hall–Kier alpha value is -1.42. The van der Waals surface area contributed by atoms with E-state index in [2.05, 4.69) is 4.98 Å². The van der Waals surface area contributed by atoms with Crippen molar-refractivity contribution in [2.75, 3.05) is 7.05 Å². The first-order valence-corrected chi connectivity index (χ1v) is 6.41. The molecule has 0 radical (unpaired) electrons. The van der Waals surface area contributed by atoms with Crippen LogP contribution in [-0.2, 0) is 4.79 Å². The molecule has 0 bridgehead atoms. The van der Waals surface area contributed by atoms with E-state index in [-0.39, 0.29) is 17.9 Å². The van der Waals surface area contributed by atoms with Crippen LogP contribution in [0.5, 0.6) is 0 Å². The van der Waals surface area contributed by atoms with Crippen LogP contribution < -0.4 is 5.73 Å². The molecule has 0 aliphatic heterocycles. The molecule has 1 heterocycles. The number of rotatable bonds is 5. The second-order valence-corrected chi connectivity index (χ2v) is 4.82. The number of nitrogens with zero attached hydrogens (tertiary/aromatic N) is 2. The maximum absolute atomic E-state index is 12.2. The number of hydrogen-bond donors (Lipinski definition) is 1. The smallest absolute Gasteiger partial charge is 0.240 e. The molecule has 0 aromatic carbocycles. The van der Waals surface area contributed by atoms with Crippen LogP contribution in [0.2, 0.25) is 0 Å². The van der Waals surface area contributed by atoms with Crippen LogP contribution in [0.1, 0.15) is 38.8 Å². The maximum atomic E-state index is 12.2. The highest BCUT2D eigenvalue weighted by atomic mass is 16.2. The molecule has 1 rings (SSSR count). The summed E-state index contributed by atoms with van der Waals surface area (Å²) in [5.74, 6) is 0.193. The van der Waals surface area contributed by atoms with E-state index in [1.165, 1.54) is 0 Å².